The van der Waals surface area contributed by atoms with Crippen LogP contribution in [0.2, 0.25) is 0 Å². The number of hydrogen-bond donors (Lipinski definition) is 1. The van der Waals surface area contributed by atoms with E-state index in [1.807, 2.05) is 6.92 Å². The summed E-state index contributed by atoms with van der Waals surface area (Å²) in [7, 11) is 0. The van der Waals surface area contributed by atoms with Crippen LogP contribution >= 0.6 is 0 Å². The van der Waals surface area contributed by atoms with Gasteiger partial charge in [0.2, 0.25) is 5.91 Å². The maximum Gasteiger partial charge on any atom is 0.253 e. The van der Waals surface area contributed by atoms with E-state index in [1.165, 1.54) is 18.5 Å². The number of nitrogens with zero attached hydrogens (tertiary/aromatic N) is 2. The molecule has 116 valence electrons. The molecule has 1 N–H and O–H groups in total. The van der Waals surface area contributed by atoms with Crippen molar-refractivity contribution in [1.82, 2.24) is 9.55 Å². The topological polar surface area (TPSA) is 64.0 Å². The molecule has 0 radical (unpaired) electrons. The molecule has 0 aliphatic heterocycles. The first-order valence-corrected chi connectivity index (χ1v) is 6.80. The summed E-state index contributed by atoms with van der Waals surface area (Å²) >= 11 is 0. The number of carbonyl (C=O) groups is 1. The van der Waals surface area contributed by atoms with E-state index in [0.29, 0.717) is 12.1 Å². The van der Waals surface area contributed by atoms with Gasteiger partial charge in [-0.15, -0.1) is 0 Å². The highest BCUT2D eigenvalue weighted by Gasteiger charge is 2.08. The highest BCUT2D eigenvalue weighted by molar-refractivity contribution is 5.90. The molecule has 1 aromatic carbocycles. The predicted molar refractivity (Wildman–Crippen MR) is 77.5 cm³/mol. The molecule has 2 rings (SSSR count). The van der Waals surface area contributed by atoms with E-state index < -0.39 is 17.5 Å². The maximum absolute atomic E-state index is 13.0. The van der Waals surface area contributed by atoms with Gasteiger partial charge in [0, 0.05) is 23.5 Å². The van der Waals surface area contributed by atoms with Crippen molar-refractivity contribution in [2.75, 3.05) is 5.32 Å². The van der Waals surface area contributed by atoms with Crippen LogP contribution in [0.5, 0.6) is 0 Å². The number of halogens is 2. The third kappa shape index (κ3) is 3.97. The molecule has 1 aromatic heterocycles. The van der Waals surface area contributed by atoms with E-state index in [0.717, 1.165) is 23.1 Å². The van der Waals surface area contributed by atoms with Crippen LogP contribution in [0.1, 0.15) is 19.0 Å². The van der Waals surface area contributed by atoms with Crippen molar-refractivity contribution in [3.63, 3.8) is 0 Å². The molecule has 7 heteroatoms. The van der Waals surface area contributed by atoms with Crippen LogP contribution in [0.3, 0.4) is 0 Å². The Hall–Kier alpha value is -2.57. The molecule has 0 bridgehead atoms. The lowest BCUT2D eigenvalue weighted by molar-refractivity contribution is -0.116. The normalized spacial score (nSPS) is 10.5. The number of hydrogen-bond acceptors (Lipinski definition) is 3. The van der Waals surface area contributed by atoms with Gasteiger partial charge < -0.3 is 5.32 Å². The van der Waals surface area contributed by atoms with Crippen LogP contribution in [0.4, 0.5) is 14.5 Å². The quantitative estimate of drug-likeness (QED) is 0.920. The predicted octanol–water partition coefficient (Wildman–Crippen LogP) is 2.11. The minimum atomic E-state index is -1.06. The van der Waals surface area contributed by atoms with Crippen molar-refractivity contribution < 1.29 is 13.6 Å². The number of benzene rings is 1. The van der Waals surface area contributed by atoms with Crippen molar-refractivity contribution in [2.45, 2.75) is 26.3 Å². The van der Waals surface area contributed by atoms with E-state index in [-0.39, 0.29) is 17.8 Å². The molecule has 0 fully saturated rings. The van der Waals surface area contributed by atoms with Gasteiger partial charge in [-0.2, -0.15) is 0 Å². The smallest absolute Gasteiger partial charge is 0.253 e. The molecule has 2 aromatic rings. The highest BCUT2D eigenvalue weighted by atomic mass is 19.2. The van der Waals surface area contributed by atoms with E-state index in [1.54, 1.807) is 0 Å². The first-order chi connectivity index (χ1) is 10.5. The summed E-state index contributed by atoms with van der Waals surface area (Å²) in [5, 5.41) is 2.39. The first kappa shape index (κ1) is 15.8. The first-order valence-electron chi connectivity index (χ1n) is 6.80. The Morgan fingerprint density at radius 2 is 2.05 bits per heavy atom. The fourth-order valence-electron chi connectivity index (χ4n) is 1.90. The maximum atomic E-state index is 13.0. The zero-order chi connectivity index (χ0) is 16.1. The van der Waals surface area contributed by atoms with E-state index in [2.05, 4.69) is 10.3 Å². The van der Waals surface area contributed by atoms with Crippen LogP contribution in [-0.2, 0) is 17.8 Å². The Morgan fingerprint density at radius 3 is 2.68 bits per heavy atom. The molecule has 1 heterocycles. The molecule has 0 saturated carbocycles. The molecule has 0 aliphatic rings. The van der Waals surface area contributed by atoms with E-state index in [9.17, 15) is 18.4 Å². The fraction of sp³-hybridized carbons (Fsp3) is 0.267. The molecule has 0 spiro atoms. The second-order valence-corrected chi connectivity index (χ2v) is 4.77. The zero-order valence-corrected chi connectivity index (χ0v) is 12.0. The van der Waals surface area contributed by atoms with Crippen LogP contribution in [0.15, 0.2) is 35.4 Å². The Balaban J connectivity index is 2.05. The minimum absolute atomic E-state index is 0.118. The molecule has 22 heavy (non-hydrogen) atoms. The standard InChI is InChI=1S/C15H15F2N3O2/c1-2-3-10-7-15(22)20(9-18-10)8-14(21)19-11-4-5-12(16)13(17)6-11/h4-7,9H,2-3,8H2,1H3,(H,19,21). The average Bonchev–Trinajstić information content (AvgIpc) is 2.46. The molecule has 0 saturated heterocycles. The summed E-state index contributed by atoms with van der Waals surface area (Å²) in [6.07, 6.45) is 2.86. The monoisotopic (exact) mass is 307 g/mol. The van der Waals surface area contributed by atoms with Gasteiger partial charge in [0.05, 0.1) is 6.33 Å². The zero-order valence-electron chi connectivity index (χ0n) is 12.0. The van der Waals surface area contributed by atoms with Crippen molar-refractivity contribution >= 4 is 11.6 Å². The van der Waals surface area contributed by atoms with Crippen molar-refractivity contribution in [1.29, 1.82) is 0 Å². The lowest BCUT2D eigenvalue weighted by Crippen LogP contribution is -2.27. The van der Waals surface area contributed by atoms with Gasteiger partial charge in [-0.3, -0.25) is 14.2 Å². The second kappa shape index (κ2) is 6.93. The summed E-state index contributed by atoms with van der Waals surface area (Å²) in [6, 6.07) is 4.41. The molecular weight excluding hydrogens is 292 g/mol. The SMILES string of the molecule is CCCc1cc(=O)n(CC(=O)Nc2ccc(F)c(F)c2)cn1. The van der Waals surface area contributed by atoms with Gasteiger partial charge in [-0.1, -0.05) is 13.3 Å². The Morgan fingerprint density at radius 1 is 1.27 bits per heavy atom. The van der Waals surface area contributed by atoms with Crippen LogP contribution in [-0.4, -0.2) is 15.5 Å². The molecule has 0 unspecified atom stereocenters. The third-order valence-corrected chi connectivity index (χ3v) is 2.96. The summed E-state index contributed by atoms with van der Waals surface area (Å²) in [4.78, 5) is 27.7. The van der Waals surface area contributed by atoms with E-state index in [4.69, 9.17) is 0 Å². The fourth-order valence-corrected chi connectivity index (χ4v) is 1.90. The number of rotatable bonds is 5. The van der Waals surface area contributed by atoms with E-state index >= 15 is 0 Å². The van der Waals surface area contributed by atoms with Gasteiger partial charge in [0.15, 0.2) is 11.6 Å². The molecule has 5 nitrogen and oxygen atoms in total. The van der Waals surface area contributed by atoms with Gasteiger partial charge >= 0.3 is 0 Å². The van der Waals surface area contributed by atoms with Gasteiger partial charge in [-0.05, 0) is 18.6 Å². The summed E-state index contributed by atoms with van der Waals surface area (Å²) < 4.78 is 27.0. The Bertz CT molecular complexity index is 744. The van der Waals surface area contributed by atoms with Crippen molar-refractivity contribution in [3.05, 3.63) is 58.3 Å². The summed E-state index contributed by atoms with van der Waals surface area (Å²) in [5.41, 5.74) is 0.455. The number of carbonyl (C=O) groups excluding carboxylic acids is 1. The molecule has 1 amide bonds. The number of aromatic nitrogens is 2. The van der Waals surface area contributed by atoms with Gasteiger partial charge in [0.1, 0.15) is 6.54 Å². The molecular formula is C15H15F2N3O2. The average molecular weight is 307 g/mol. The van der Waals surface area contributed by atoms with Crippen LogP contribution < -0.4 is 10.9 Å². The number of anilines is 1. The van der Waals surface area contributed by atoms with Crippen LogP contribution in [0.25, 0.3) is 0 Å². The summed E-state index contributed by atoms with van der Waals surface area (Å²) in [5.74, 6) is -2.58. The van der Waals surface area contributed by atoms with Crippen LogP contribution in [0, 0.1) is 11.6 Å². The highest BCUT2D eigenvalue weighted by Crippen LogP contribution is 2.12. The second-order valence-electron chi connectivity index (χ2n) is 4.77. The Labute approximate surface area is 125 Å². The number of amides is 1. The molecule has 0 aliphatic carbocycles. The van der Waals surface area contributed by atoms with Crippen molar-refractivity contribution in [2.24, 2.45) is 0 Å². The number of nitrogens with one attached hydrogen (secondary N) is 1. The third-order valence-electron chi connectivity index (χ3n) is 2.96. The largest absolute Gasteiger partial charge is 0.324 e. The lowest BCUT2D eigenvalue weighted by atomic mass is 10.2. The Kier molecular flexibility index (Phi) is 4.98. The van der Waals surface area contributed by atoms with Gasteiger partial charge in [-0.25, -0.2) is 13.8 Å². The minimum Gasteiger partial charge on any atom is -0.324 e. The van der Waals surface area contributed by atoms with Gasteiger partial charge in [0.25, 0.3) is 5.56 Å². The van der Waals surface area contributed by atoms with Crippen molar-refractivity contribution in [3.8, 4) is 0 Å². The lowest BCUT2D eigenvalue weighted by Gasteiger charge is -2.08. The number of aryl methyl sites for hydroxylation is 1. The molecule has 0 atom stereocenters. The summed E-state index contributed by atoms with van der Waals surface area (Å²) in [6.45, 7) is 1.72.